The van der Waals surface area contributed by atoms with Gasteiger partial charge >= 0.3 is 0 Å². The number of imidazole rings is 1. The van der Waals surface area contributed by atoms with Gasteiger partial charge in [-0.25, -0.2) is 4.98 Å². The van der Waals surface area contributed by atoms with E-state index in [0.717, 1.165) is 28.7 Å². The van der Waals surface area contributed by atoms with Gasteiger partial charge in [0, 0.05) is 43.0 Å². The topological polar surface area (TPSA) is 68.9 Å². The van der Waals surface area contributed by atoms with Crippen molar-refractivity contribution in [2.24, 2.45) is 7.05 Å². The molecule has 0 bridgehead atoms. The van der Waals surface area contributed by atoms with E-state index in [4.69, 9.17) is 0 Å². The van der Waals surface area contributed by atoms with Crippen LogP contribution in [0.1, 0.15) is 10.4 Å². The standard InChI is InChI=1S/C18H16N4O2S/c1-21-8-2-3-14(17(21)24)16(23)19-13-6-4-12(5-7-13)15-11-22-9-10-25-18(22)20-15/h2-8,11H,9-10H2,1H3,(H,19,23). The first-order valence-corrected chi connectivity index (χ1v) is 8.88. The molecule has 0 fully saturated rings. The molecule has 4 rings (SSSR count). The van der Waals surface area contributed by atoms with Crippen LogP contribution in [-0.4, -0.2) is 25.8 Å². The Labute approximate surface area is 148 Å². The number of anilines is 1. The lowest BCUT2D eigenvalue weighted by Crippen LogP contribution is -2.26. The number of nitrogens with one attached hydrogen (secondary N) is 1. The molecule has 126 valence electrons. The second-order valence-electron chi connectivity index (χ2n) is 5.82. The Balaban J connectivity index is 1.53. The summed E-state index contributed by atoms with van der Waals surface area (Å²) in [5, 5.41) is 3.81. The molecule has 3 heterocycles. The predicted octanol–water partition coefficient (Wildman–Crippen LogP) is 2.61. The number of aromatic nitrogens is 3. The van der Waals surface area contributed by atoms with E-state index in [9.17, 15) is 9.59 Å². The molecule has 0 radical (unpaired) electrons. The second-order valence-corrected chi connectivity index (χ2v) is 6.88. The molecular weight excluding hydrogens is 336 g/mol. The molecular formula is C18H16N4O2S. The Morgan fingerprint density at radius 2 is 2.04 bits per heavy atom. The first-order valence-electron chi connectivity index (χ1n) is 7.89. The smallest absolute Gasteiger partial charge is 0.263 e. The van der Waals surface area contributed by atoms with Gasteiger partial charge in [-0.05, 0) is 24.3 Å². The molecule has 1 aliphatic heterocycles. The van der Waals surface area contributed by atoms with Crippen LogP contribution < -0.4 is 10.9 Å². The van der Waals surface area contributed by atoms with Crippen LogP contribution in [0.5, 0.6) is 0 Å². The Morgan fingerprint density at radius 1 is 1.24 bits per heavy atom. The lowest BCUT2D eigenvalue weighted by molar-refractivity contribution is 0.102. The summed E-state index contributed by atoms with van der Waals surface area (Å²) < 4.78 is 3.54. The normalized spacial score (nSPS) is 12.8. The van der Waals surface area contributed by atoms with E-state index >= 15 is 0 Å². The van der Waals surface area contributed by atoms with Crippen molar-refractivity contribution in [3.8, 4) is 11.3 Å². The van der Waals surface area contributed by atoms with E-state index in [2.05, 4.69) is 21.1 Å². The highest BCUT2D eigenvalue weighted by Crippen LogP contribution is 2.29. The van der Waals surface area contributed by atoms with E-state index in [0.29, 0.717) is 5.69 Å². The van der Waals surface area contributed by atoms with Gasteiger partial charge in [0.2, 0.25) is 0 Å². The number of amides is 1. The molecule has 0 aliphatic carbocycles. The Bertz CT molecular complexity index is 983. The number of fused-ring (bicyclic) bond motifs is 1. The van der Waals surface area contributed by atoms with Gasteiger partial charge in [0.1, 0.15) is 5.56 Å². The van der Waals surface area contributed by atoms with Crippen molar-refractivity contribution in [1.29, 1.82) is 0 Å². The third-order valence-corrected chi connectivity index (χ3v) is 5.08. The molecule has 25 heavy (non-hydrogen) atoms. The lowest BCUT2D eigenvalue weighted by Gasteiger charge is -2.06. The molecule has 0 saturated heterocycles. The third-order valence-electron chi connectivity index (χ3n) is 4.11. The van der Waals surface area contributed by atoms with Gasteiger partial charge < -0.3 is 14.5 Å². The summed E-state index contributed by atoms with van der Waals surface area (Å²) in [7, 11) is 1.62. The highest BCUT2D eigenvalue weighted by Gasteiger charge is 2.15. The van der Waals surface area contributed by atoms with Crippen molar-refractivity contribution < 1.29 is 4.79 Å². The SMILES string of the molecule is Cn1cccc(C(=O)Nc2ccc(-c3cn4c(n3)SCC4)cc2)c1=O. The average Bonchev–Trinajstić information content (AvgIpc) is 3.20. The molecule has 1 N–H and O–H groups in total. The van der Waals surface area contributed by atoms with Crippen molar-refractivity contribution in [2.45, 2.75) is 11.7 Å². The molecule has 1 amide bonds. The van der Waals surface area contributed by atoms with E-state index in [1.165, 1.54) is 10.6 Å². The van der Waals surface area contributed by atoms with Crippen molar-refractivity contribution in [3.05, 3.63) is 64.7 Å². The zero-order valence-electron chi connectivity index (χ0n) is 13.6. The maximum absolute atomic E-state index is 12.3. The van der Waals surface area contributed by atoms with Gasteiger partial charge in [0.05, 0.1) is 5.69 Å². The van der Waals surface area contributed by atoms with Gasteiger partial charge in [-0.15, -0.1) is 0 Å². The fraction of sp³-hybridized carbons (Fsp3) is 0.167. The Hall–Kier alpha value is -2.80. The molecule has 6 nitrogen and oxygen atoms in total. The zero-order valence-corrected chi connectivity index (χ0v) is 14.4. The van der Waals surface area contributed by atoms with E-state index in [-0.39, 0.29) is 11.1 Å². The lowest BCUT2D eigenvalue weighted by atomic mass is 10.1. The molecule has 0 unspecified atom stereocenters. The Morgan fingerprint density at radius 3 is 2.80 bits per heavy atom. The molecule has 0 spiro atoms. The summed E-state index contributed by atoms with van der Waals surface area (Å²) in [5.74, 6) is 0.665. The van der Waals surface area contributed by atoms with Crippen molar-refractivity contribution in [3.63, 3.8) is 0 Å². The highest BCUT2D eigenvalue weighted by molar-refractivity contribution is 7.99. The van der Waals surface area contributed by atoms with Crippen LogP contribution in [0.4, 0.5) is 5.69 Å². The summed E-state index contributed by atoms with van der Waals surface area (Å²) >= 11 is 1.76. The van der Waals surface area contributed by atoms with Crippen LogP contribution in [0.3, 0.4) is 0 Å². The average molecular weight is 352 g/mol. The number of hydrogen-bond acceptors (Lipinski definition) is 4. The number of carbonyl (C=O) groups is 1. The van der Waals surface area contributed by atoms with Gasteiger partial charge in [0.15, 0.2) is 5.16 Å². The van der Waals surface area contributed by atoms with Gasteiger partial charge in [-0.1, -0.05) is 23.9 Å². The first-order chi connectivity index (χ1) is 12.1. The van der Waals surface area contributed by atoms with Crippen molar-refractivity contribution in [1.82, 2.24) is 14.1 Å². The maximum atomic E-state index is 12.3. The monoisotopic (exact) mass is 352 g/mol. The molecule has 7 heteroatoms. The van der Waals surface area contributed by atoms with Crippen molar-refractivity contribution in [2.75, 3.05) is 11.1 Å². The minimum Gasteiger partial charge on any atom is -0.325 e. The third kappa shape index (κ3) is 2.98. The predicted molar refractivity (Wildman–Crippen MR) is 98.0 cm³/mol. The van der Waals surface area contributed by atoms with Gasteiger partial charge in [-0.2, -0.15) is 0 Å². The number of aryl methyl sites for hydroxylation is 2. The van der Waals surface area contributed by atoms with E-state index in [1.807, 2.05) is 24.3 Å². The summed E-state index contributed by atoms with van der Waals surface area (Å²) in [6, 6.07) is 10.7. The fourth-order valence-corrected chi connectivity index (χ4v) is 3.68. The second kappa shape index (κ2) is 6.25. The minimum atomic E-state index is -0.411. The number of nitrogens with zero attached hydrogens (tertiary/aromatic N) is 3. The fourth-order valence-electron chi connectivity index (χ4n) is 2.74. The summed E-state index contributed by atoms with van der Waals surface area (Å²) in [6.07, 6.45) is 3.67. The molecule has 1 aliphatic rings. The van der Waals surface area contributed by atoms with Crippen molar-refractivity contribution >= 4 is 23.4 Å². The molecule has 3 aromatic rings. The van der Waals surface area contributed by atoms with Crippen LogP contribution >= 0.6 is 11.8 Å². The van der Waals surface area contributed by atoms with Gasteiger partial charge in [0.25, 0.3) is 11.5 Å². The van der Waals surface area contributed by atoms with Crippen LogP contribution in [0, 0.1) is 0 Å². The first kappa shape index (κ1) is 15.7. The highest BCUT2D eigenvalue weighted by atomic mass is 32.2. The van der Waals surface area contributed by atoms with Crippen LogP contribution in [0.2, 0.25) is 0 Å². The quantitative estimate of drug-likeness (QED) is 0.787. The number of hydrogen-bond donors (Lipinski definition) is 1. The molecule has 2 aromatic heterocycles. The molecule has 0 saturated carbocycles. The van der Waals surface area contributed by atoms with Crippen LogP contribution in [0.15, 0.2) is 58.7 Å². The Kier molecular flexibility index (Phi) is 3.93. The van der Waals surface area contributed by atoms with E-state index < -0.39 is 5.91 Å². The molecule has 0 atom stereocenters. The number of rotatable bonds is 3. The zero-order chi connectivity index (χ0) is 17.4. The number of carbonyl (C=O) groups excluding carboxylic acids is 1. The molecule has 1 aromatic carbocycles. The van der Waals surface area contributed by atoms with Crippen LogP contribution in [-0.2, 0) is 13.6 Å². The van der Waals surface area contributed by atoms with Gasteiger partial charge in [-0.3, -0.25) is 9.59 Å². The van der Waals surface area contributed by atoms with E-state index in [1.54, 1.807) is 31.1 Å². The summed E-state index contributed by atoms with van der Waals surface area (Å²) in [5.41, 5.74) is 2.37. The number of pyridine rings is 1. The van der Waals surface area contributed by atoms with Crippen LogP contribution in [0.25, 0.3) is 11.3 Å². The number of thioether (sulfide) groups is 1. The summed E-state index contributed by atoms with van der Waals surface area (Å²) in [6.45, 7) is 0.993. The summed E-state index contributed by atoms with van der Waals surface area (Å²) in [4.78, 5) is 28.9. The largest absolute Gasteiger partial charge is 0.325 e. The maximum Gasteiger partial charge on any atom is 0.263 e. The number of benzene rings is 1. The minimum absolute atomic E-state index is 0.122.